The fraction of sp³-hybridized carbons (Fsp3) is 0.625. The van der Waals surface area contributed by atoms with Crippen molar-refractivity contribution in [2.24, 2.45) is 5.92 Å². The van der Waals surface area contributed by atoms with Crippen molar-refractivity contribution in [3.05, 3.63) is 0 Å². The normalized spacial score (nSPS) is 21.4. The van der Waals surface area contributed by atoms with Crippen molar-refractivity contribution in [1.82, 2.24) is 5.06 Å². The van der Waals surface area contributed by atoms with Crippen molar-refractivity contribution < 1.29 is 19.2 Å². The first-order chi connectivity index (χ1) is 5.52. The van der Waals surface area contributed by atoms with Crippen LogP contribution in [0.2, 0.25) is 0 Å². The zero-order valence-corrected chi connectivity index (χ0v) is 6.86. The molecular weight excluding hydrogens is 174 g/mol. The van der Waals surface area contributed by atoms with Crippen LogP contribution in [-0.4, -0.2) is 22.8 Å². The van der Waals surface area contributed by atoms with Crippen molar-refractivity contribution in [1.29, 1.82) is 0 Å². The molecular formula is C8H13NO4. The lowest BCUT2D eigenvalue weighted by Gasteiger charge is -2.10. The van der Waals surface area contributed by atoms with Gasteiger partial charge in [0, 0.05) is 19.3 Å². The zero-order valence-electron chi connectivity index (χ0n) is 6.86. The van der Waals surface area contributed by atoms with Gasteiger partial charge in [-0.2, -0.15) is 0 Å². The van der Waals surface area contributed by atoms with Crippen LogP contribution in [0, 0.1) is 5.92 Å². The van der Waals surface area contributed by atoms with Crippen LogP contribution in [0.1, 0.15) is 27.7 Å². The predicted octanol–water partition coefficient (Wildman–Crippen LogP) is 0.496. The maximum atomic E-state index is 11.1. The largest absolute Gasteiger partial charge is 0.331 e. The zero-order chi connectivity index (χ0) is 9.30. The average Bonchev–Trinajstić information content (AvgIpc) is 2.16. The van der Waals surface area contributed by atoms with Gasteiger partial charge in [0.1, 0.15) is 0 Å². The van der Waals surface area contributed by atoms with Crippen LogP contribution in [0.25, 0.3) is 0 Å². The highest BCUT2D eigenvalue weighted by atomic mass is 16.7. The Morgan fingerprint density at radius 2 is 2.08 bits per heavy atom. The minimum absolute atomic E-state index is 0. The minimum Gasteiger partial charge on any atom is -0.331 e. The topological polar surface area (TPSA) is 63.7 Å². The fourth-order valence-corrected chi connectivity index (χ4v) is 0.980. The molecule has 0 spiro atoms. The molecule has 74 valence electrons. The molecule has 1 aliphatic rings. The number of carbonyl (C=O) groups is 3. The fourth-order valence-electron chi connectivity index (χ4n) is 0.980. The molecule has 1 heterocycles. The molecule has 1 saturated heterocycles. The van der Waals surface area contributed by atoms with E-state index in [9.17, 15) is 14.4 Å². The Hall–Kier alpha value is -1.39. The van der Waals surface area contributed by atoms with Gasteiger partial charge in [-0.25, -0.2) is 4.79 Å². The molecule has 0 aromatic carbocycles. The van der Waals surface area contributed by atoms with Gasteiger partial charge in [-0.15, -0.1) is 5.06 Å². The SMILES string of the molecule is C.CC(=O)ON1C(=O)CC(C)C1=O. The average molecular weight is 187 g/mol. The van der Waals surface area contributed by atoms with Gasteiger partial charge in [0.25, 0.3) is 11.8 Å². The molecule has 1 atom stereocenters. The summed E-state index contributed by atoms with van der Waals surface area (Å²) in [5.74, 6) is -1.94. The molecule has 0 aliphatic carbocycles. The number of amides is 2. The number of rotatable bonds is 1. The first kappa shape index (κ1) is 11.6. The van der Waals surface area contributed by atoms with Gasteiger partial charge >= 0.3 is 5.97 Å². The summed E-state index contributed by atoms with van der Waals surface area (Å²) in [6.45, 7) is 2.76. The third-order valence-corrected chi connectivity index (χ3v) is 1.55. The molecule has 1 rings (SSSR count). The van der Waals surface area contributed by atoms with Crippen LogP contribution < -0.4 is 0 Å². The summed E-state index contributed by atoms with van der Waals surface area (Å²) in [6, 6.07) is 0. The standard InChI is InChI=1S/C7H9NO4.CH4/c1-4-3-6(10)8(7(4)11)12-5(2)9;/h4H,3H2,1-2H3;1H4. The molecule has 1 unspecified atom stereocenters. The molecule has 0 aromatic rings. The summed E-state index contributed by atoms with van der Waals surface area (Å²) in [7, 11) is 0. The van der Waals surface area contributed by atoms with Crippen LogP contribution in [-0.2, 0) is 19.2 Å². The molecule has 0 bridgehead atoms. The lowest BCUT2D eigenvalue weighted by Crippen LogP contribution is -2.32. The second-order valence-electron chi connectivity index (χ2n) is 2.71. The molecule has 0 radical (unpaired) electrons. The van der Waals surface area contributed by atoms with Crippen LogP contribution >= 0.6 is 0 Å². The molecule has 13 heavy (non-hydrogen) atoms. The summed E-state index contributed by atoms with van der Waals surface area (Å²) in [5, 5.41) is 0.535. The second kappa shape index (κ2) is 4.02. The second-order valence-corrected chi connectivity index (χ2v) is 2.71. The van der Waals surface area contributed by atoms with Crippen LogP contribution in [0.5, 0.6) is 0 Å². The van der Waals surface area contributed by atoms with Crippen molar-refractivity contribution in [3.63, 3.8) is 0 Å². The van der Waals surface area contributed by atoms with E-state index in [0.717, 1.165) is 6.92 Å². The van der Waals surface area contributed by atoms with Crippen molar-refractivity contribution in [2.45, 2.75) is 27.7 Å². The summed E-state index contributed by atoms with van der Waals surface area (Å²) in [4.78, 5) is 36.9. The quantitative estimate of drug-likeness (QED) is 0.560. The van der Waals surface area contributed by atoms with Gasteiger partial charge in [-0.1, -0.05) is 14.4 Å². The first-order valence-electron chi connectivity index (χ1n) is 3.57. The lowest BCUT2D eigenvalue weighted by molar-refractivity contribution is -0.196. The third-order valence-electron chi connectivity index (χ3n) is 1.55. The van der Waals surface area contributed by atoms with Gasteiger partial charge in [0.15, 0.2) is 0 Å². The summed E-state index contributed by atoms with van der Waals surface area (Å²) in [6.07, 6.45) is 0.117. The van der Waals surface area contributed by atoms with E-state index in [4.69, 9.17) is 0 Å². The molecule has 2 amide bonds. The summed E-state index contributed by atoms with van der Waals surface area (Å²) >= 11 is 0. The van der Waals surface area contributed by atoms with Crippen LogP contribution in [0.3, 0.4) is 0 Å². The van der Waals surface area contributed by atoms with E-state index in [-0.39, 0.29) is 19.8 Å². The minimum atomic E-state index is -0.661. The van der Waals surface area contributed by atoms with Gasteiger partial charge in [0.2, 0.25) is 0 Å². The number of nitrogens with zero attached hydrogens (tertiary/aromatic N) is 1. The van der Waals surface area contributed by atoms with Gasteiger partial charge in [-0.05, 0) is 0 Å². The Morgan fingerprint density at radius 1 is 1.54 bits per heavy atom. The van der Waals surface area contributed by atoms with E-state index >= 15 is 0 Å². The van der Waals surface area contributed by atoms with E-state index < -0.39 is 17.8 Å². The molecule has 1 fully saturated rings. The van der Waals surface area contributed by atoms with Crippen molar-refractivity contribution in [3.8, 4) is 0 Å². The highest BCUT2D eigenvalue weighted by Gasteiger charge is 2.38. The Kier molecular flexibility index (Phi) is 3.59. The maximum Gasteiger partial charge on any atom is 0.330 e. The Balaban J connectivity index is 0.00000144. The smallest absolute Gasteiger partial charge is 0.330 e. The Morgan fingerprint density at radius 3 is 2.38 bits per heavy atom. The number of carbonyl (C=O) groups excluding carboxylic acids is 3. The molecule has 5 nitrogen and oxygen atoms in total. The van der Waals surface area contributed by atoms with Gasteiger partial charge in [0.05, 0.1) is 0 Å². The van der Waals surface area contributed by atoms with Crippen LogP contribution in [0.4, 0.5) is 0 Å². The number of hydrogen-bond acceptors (Lipinski definition) is 4. The lowest BCUT2D eigenvalue weighted by atomic mass is 10.1. The number of imide groups is 1. The monoisotopic (exact) mass is 187 g/mol. The van der Waals surface area contributed by atoms with Crippen LogP contribution in [0.15, 0.2) is 0 Å². The molecule has 5 heteroatoms. The maximum absolute atomic E-state index is 11.1. The molecule has 0 N–H and O–H groups in total. The molecule has 1 aliphatic heterocycles. The Labute approximate surface area is 76.6 Å². The van der Waals surface area contributed by atoms with Gasteiger partial charge < -0.3 is 4.84 Å². The highest BCUT2D eigenvalue weighted by molar-refractivity contribution is 6.02. The highest BCUT2D eigenvalue weighted by Crippen LogP contribution is 2.18. The van der Waals surface area contributed by atoms with Crippen molar-refractivity contribution in [2.75, 3.05) is 0 Å². The Bertz CT molecular complexity index is 249. The summed E-state index contributed by atoms with van der Waals surface area (Å²) < 4.78 is 0. The van der Waals surface area contributed by atoms with Crippen molar-refractivity contribution >= 4 is 17.8 Å². The summed E-state index contributed by atoms with van der Waals surface area (Å²) in [5.41, 5.74) is 0. The van der Waals surface area contributed by atoms with E-state index in [0.29, 0.717) is 5.06 Å². The number of hydroxylamine groups is 2. The predicted molar refractivity (Wildman–Crippen MR) is 44.1 cm³/mol. The number of hydrogen-bond donors (Lipinski definition) is 0. The van der Waals surface area contributed by atoms with E-state index in [1.54, 1.807) is 6.92 Å². The molecule has 0 aromatic heterocycles. The van der Waals surface area contributed by atoms with E-state index in [2.05, 4.69) is 4.84 Å². The van der Waals surface area contributed by atoms with Gasteiger partial charge in [-0.3, -0.25) is 9.59 Å². The van der Waals surface area contributed by atoms with E-state index in [1.807, 2.05) is 0 Å². The molecule has 0 saturated carbocycles. The van der Waals surface area contributed by atoms with E-state index in [1.165, 1.54) is 0 Å². The third kappa shape index (κ3) is 2.27. The first-order valence-corrected chi connectivity index (χ1v) is 3.57.